The first kappa shape index (κ1) is 53.0. The van der Waals surface area contributed by atoms with Crippen LogP contribution < -0.4 is 66.3 Å². The van der Waals surface area contributed by atoms with Gasteiger partial charge in [0.1, 0.15) is 0 Å². The van der Waals surface area contributed by atoms with Crippen LogP contribution in [0.25, 0.3) is 0 Å². The monoisotopic (exact) mass is 920 g/mol. The second-order valence-electron chi connectivity index (χ2n) is 17.2. The minimum Gasteiger partial charge on any atom is -0.370 e. The number of hydrogen-bond donors (Lipinski definition) is 14. The van der Waals surface area contributed by atoms with Crippen molar-refractivity contribution < 1.29 is 19.2 Å². The van der Waals surface area contributed by atoms with Gasteiger partial charge in [0.05, 0.1) is 44.6 Å². The standard InChI is InChI=1S/C44H68N14O4S2/c1-43(2,3)27-21-31(35(63-18-14-45)33(23-27)57-39(61)29(47)12-8-16-53-41(49)50)55-37(59)25-10-7-11-26(20-25)38(60)56-32-22-28(44(4,5)6)24-34(36(32)64-19-15-46)58-40(62)30(48)13-9-17-54-42(51)52/h7,10-11,20-24,29-30H,8-9,12-19,45-48H2,1-6H3,(H,55,59)(H,56,60)(H,57,61)(H,58,62)(H4,49,50,53)(H4,51,52,54)/t29-,30-/m0/s1. The molecule has 64 heavy (non-hydrogen) atoms. The first-order valence-electron chi connectivity index (χ1n) is 21.1. The van der Waals surface area contributed by atoms with Gasteiger partial charge in [-0.2, -0.15) is 0 Å². The third-order valence-corrected chi connectivity index (χ3v) is 12.1. The number of nitrogens with one attached hydrogen (secondary N) is 8. The number of rotatable bonds is 22. The molecule has 0 aromatic heterocycles. The first-order valence-corrected chi connectivity index (χ1v) is 23.1. The van der Waals surface area contributed by atoms with Crippen LogP contribution in [0.2, 0.25) is 0 Å². The molecule has 0 spiro atoms. The molecule has 0 aliphatic heterocycles. The summed E-state index contributed by atoms with van der Waals surface area (Å²) in [5, 5.41) is 32.1. The molecule has 18 nitrogen and oxygen atoms in total. The highest BCUT2D eigenvalue weighted by Gasteiger charge is 2.26. The predicted octanol–water partition coefficient (Wildman–Crippen LogP) is 3.95. The lowest BCUT2D eigenvalue weighted by atomic mass is 9.86. The molecule has 350 valence electrons. The van der Waals surface area contributed by atoms with Gasteiger partial charge >= 0.3 is 0 Å². The largest absolute Gasteiger partial charge is 0.370 e. The summed E-state index contributed by atoms with van der Waals surface area (Å²) in [5.41, 5.74) is 38.2. The van der Waals surface area contributed by atoms with Gasteiger partial charge in [-0.1, -0.05) is 47.6 Å². The highest BCUT2D eigenvalue weighted by atomic mass is 32.2. The van der Waals surface area contributed by atoms with Crippen LogP contribution >= 0.6 is 23.5 Å². The lowest BCUT2D eigenvalue weighted by Crippen LogP contribution is -2.37. The van der Waals surface area contributed by atoms with E-state index in [2.05, 4.69) is 31.9 Å². The quantitative estimate of drug-likeness (QED) is 0.0294. The van der Waals surface area contributed by atoms with Crippen molar-refractivity contribution in [2.75, 3.05) is 59.0 Å². The predicted molar refractivity (Wildman–Crippen MR) is 264 cm³/mol. The Morgan fingerprint density at radius 2 is 0.938 bits per heavy atom. The van der Waals surface area contributed by atoms with Crippen molar-refractivity contribution in [2.24, 2.45) is 34.4 Å². The average Bonchev–Trinajstić information content (AvgIpc) is 3.22. The topological polar surface area (TPSA) is 344 Å². The molecule has 3 rings (SSSR count). The van der Waals surface area contributed by atoms with E-state index in [1.54, 1.807) is 18.2 Å². The summed E-state index contributed by atoms with van der Waals surface area (Å²) in [4.78, 5) is 56.2. The zero-order valence-corrected chi connectivity index (χ0v) is 39.4. The lowest BCUT2D eigenvalue weighted by molar-refractivity contribution is -0.118. The van der Waals surface area contributed by atoms with Crippen molar-refractivity contribution in [3.63, 3.8) is 0 Å². The van der Waals surface area contributed by atoms with Crippen molar-refractivity contribution in [1.82, 2.24) is 10.6 Å². The number of anilines is 4. The van der Waals surface area contributed by atoms with E-state index in [4.69, 9.17) is 45.2 Å². The number of benzene rings is 3. The molecule has 0 aliphatic rings. The van der Waals surface area contributed by atoms with Crippen LogP contribution in [0.3, 0.4) is 0 Å². The Hall–Kier alpha value is -5.38. The van der Waals surface area contributed by atoms with Gasteiger partial charge in [-0.15, -0.1) is 23.5 Å². The maximum absolute atomic E-state index is 14.1. The van der Waals surface area contributed by atoms with Crippen molar-refractivity contribution in [2.45, 2.75) is 99.9 Å². The molecule has 0 bridgehead atoms. The Bertz CT molecular complexity index is 1990. The van der Waals surface area contributed by atoms with E-state index in [0.717, 1.165) is 11.1 Å². The summed E-state index contributed by atoms with van der Waals surface area (Å²) in [6.07, 6.45) is 1.71. The van der Waals surface area contributed by atoms with Crippen LogP contribution in [0.1, 0.15) is 99.1 Å². The molecule has 0 heterocycles. The number of carbonyl (C=O) groups excluding carboxylic acids is 4. The van der Waals surface area contributed by atoms with Gasteiger partial charge in [0.2, 0.25) is 11.8 Å². The van der Waals surface area contributed by atoms with Crippen molar-refractivity contribution in [1.29, 1.82) is 10.8 Å². The Balaban J connectivity index is 1.98. The van der Waals surface area contributed by atoms with E-state index < -0.39 is 35.7 Å². The molecule has 0 unspecified atom stereocenters. The van der Waals surface area contributed by atoms with E-state index in [-0.39, 0.29) is 33.9 Å². The number of amides is 4. The lowest BCUT2D eigenvalue weighted by Gasteiger charge is -2.25. The summed E-state index contributed by atoms with van der Waals surface area (Å²) in [6, 6.07) is 12.1. The second-order valence-corrected chi connectivity index (χ2v) is 19.4. The van der Waals surface area contributed by atoms with Crippen molar-refractivity contribution in [3.05, 3.63) is 70.8 Å². The smallest absolute Gasteiger partial charge is 0.255 e. The van der Waals surface area contributed by atoms with E-state index >= 15 is 0 Å². The maximum atomic E-state index is 14.1. The molecular formula is C44H68N14O4S2. The van der Waals surface area contributed by atoms with Crippen LogP contribution in [0, 0.1) is 10.8 Å². The molecule has 0 radical (unpaired) electrons. The Morgan fingerprint density at radius 3 is 1.25 bits per heavy atom. The molecule has 0 saturated carbocycles. The number of carbonyl (C=O) groups is 4. The fourth-order valence-electron chi connectivity index (χ4n) is 6.12. The zero-order valence-electron chi connectivity index (χ0n) is 37.8. The Labute approximate surface area is 385 Å². The normalized spacial score (nSPS) is 12.4. The van der Waals surface area contributed by atoms with E-state index in [0.29, 0.717) is 95.9 Å². The van der Waals surface area contributed by atoms with Gasteiger partial charge in [-0.25, -0.2) is 0 Å². The van der Waals surface area contributed by atoms with Gasteiger partial charge < -0.3 is 66.3 Å². The summed E-state index contributed by atoms with van der Waals surface area (Å²) in [5.74, 6) is -1.16. The SMILES string of the molecule is CC(C)(C)c1cc(NC(=O)c2cccc(C(=O)Nc3cc(C(C)(C)C)cc(NC(=O)[C@@H](N)CCCNC(=N)N)c3SCCN)c2)c(SCCN)c(NC(=O)[C@@H](N)CCCNC(=N)N)c1. The van der Waals surface area contributed by atoms with Gasteiger partial charge in [0, 0.05) is 48.8 Å². The number of guanidine groups is 2. The summed E-state index contributed by atoms with van der Waals surface area (Å²) in [7, 11) is 0. The third kappa shape index (κ3) is 16.6. The Morgan fingerprint density at radius 1 is 0.594 bits per heavy atom. The zero-order chi connectivity index (χ0) is 47.8. The fourth-order valence-corrected chi connectivity index (χ4v) is 7.83. The van der Waals surface area contributed by atoms with Crippen LogP contribution in [0.4, 0.5) is 22.7 Å². The molecule has 0 fully saturated rings. The van der Waals surface area contributed by atoms with Gasteiger partial charge in [0.15, 0.2) is 11.9 Å². The summed E-state index contributed by atoms with van der Waals surface area (Å²) < 4.78 is 0. The highest BCUT2D eigenvalue weighted by molar-refractivity contribution is 7.99. The summed E-state index contributed by atoms with van der Waals surface area (Å²) >= 11 is 2.75. The van der Waals surface area contributed by atoms with Gasteiger partial charge in [-0.3, -0.25) is 30.0 Å². The molecule has 20 N–H and O–H groups in total. The van der Waals surface area contributed by atoms with Crippen molar-refractivity contribution in [3.8, 4) is 0 Å². The third-order valence-electron chi connectivity index (χ3n) is 9.73. The van der Waals surface area contributed by atoms with E-state index in [9.17, 15) is 19.2 Å². The number of thioether (sulfide) groups is 2. The molecular weight excluding hydrogens is 853 g/mol. The van der Waals surface area contributed by atoms with E-state index in [1.807, 2.05) is 65.8 Å². The van der Waals surface area contributed by atoms with Crippen LogP contribution in [-0.4, -0.2) is 85.3 Å². The van der Waals surface area contributed by atoms with Gasteiger partial charge in [-0.05, 0) is 90.1 Å². The first-order chi connectivity index (χ1) is 30.0. The van der Waals surface area contributed by atoms with Gasteiger partial charge in [0.25, 0.3) is 11.8 Å². The number of hydrogen-bond acceptors (Lipinski definition) is 12. The fraction of sp³-hybridized carbons (Fsp3) is 0.455. The Kier molecular flexibility index (Phi) is 20.4. The molecule has 3 aromatic rings. The molecule has 20 heteroatoms. The molecule has 2 atom stereocenters. The second kappa shape index (κ2) is 24.6. The molecule has 0 saturated heterocycles. The molecule has 0 aliphatic carbocycles. The average molecular weight is 921 g/mol. The minimum atomic E-state index is -0.848. The van der Waals surface area contributed by atoms with Crippen LogP contribution in [-0.2, 0) is 20.4 Å². The number of nitrogens with two attached hydrogens (primary N) is 6. The summed E-state index contributed by atoms with van der Waals surface area (Å²) in [6.45, 7) is 13.6. The molecule has 3 aromatic carbocycles. The van der Waals surface area contributed by atoms with Crippen LogP contribution in [0.15, 0.2) is 58.3 Å². The van der Waals surface area contributed by atoms with Crippen molar-refractivity contribution >= 4 is 81.8 Å². The van der Waals surface area contributed by atoms with Crippen LogP contribution in [0.5, 0.6) is 0 Å². The highest BCUT2D eigenvalue weighted by Crippen LogP contribution is 2.41. The van der Waals surface area contributed by atoms with E-state index in [1.165, 1.54) is 29.6 Å². The maximum Gasteiger partial charge on any atom is 0.255 e. The molecule has 4 amide bonds. The minimum absolute atomic E-state index is 0.162.